The zero-order valence-corrected chi connectivity index (χ0v) is 11.7. The van der Waals surface area contributed by atoms with Crippen LogP contribution in [0, 0.1) is 0 Å². The molecule has 1 saturated heterocycles. The lowest BCUT2D eigenvalue weighted by Crippen LogP contribution is -2.36. The molecule has 0 atom stereocenters. The Morgan fingerprint density at radius 3 is 2.82 bits per heavy atom. The monoisotopic (exact) mass is 298 g/mol. The molecule has 1 fully saturated rings. The molecular formula is C13H19BrN2O. The van der Waals surface area contributed by atoms with E-state index in [1.807, 2.05) is 18.2 Å². The van der Waals surface area contributed by atoms with E-state index in [1.165, 1.54) is 5.56 Å². The first kappa shape index (κ1) is 12.9. The average Bonchev–Trinajstić information content (AvgIpc) is 2.35. The lowest BCUT2D eigenvalue weighted by molar-refractivity contribution is 0.0406. The molecule has 2 rings (SSSR count). The van der Waals surface area contributed by atoms with Gasteiger partial charge in [-0.2, -0.15) is 0 Å². The second kappa shape index (κ2) is 5.85. The molecule has 0 aromatic heterocycles. The number of hydrogen-bond donors (Lipinski definition) is 1. The van der Waals surface area contributed by atoms with Gasteiger partial charge < -0.3 is 10.5 Å². The highest BCUT2D eigenvalue weighted by Gasteiger charge is 2.18. The first-order valence-electron chi connectivity index (χ1n) is 5.98. The van der Waals surface area contributed by atoms with Gasteiger partial charge in [0.25, 0.3) is 0 Å². The van der Waals surface area contributed by atoms with Crippen molar-refractivity contribution in [2.75, 3.05) is 26.0 Å². The molecule has 4 heteroatoms. The summed E-state index contributed by atoms with van der Waals surface area (Å²) in [5.74, 6) is 0. The Morgan fingerprint density at radius 1 is 1.41 bits per heavy atom. The van der Waals surface area contributed by atoms with Gasteiger partial charge in [-0.25, -0.2) is 0 Å². The molecule has 1 aromatic rings. The van der Waals surface area contributed by atoms with Gasteiger partial charge >= 0.3 is 0 Å². The molecule has 0 bridgehead atoms. The maximum absolute atomic E-state index is 5.82. The number of nitrogen functional groups attached to an aromatic ring is 1. The van der Waals surface area contributed by atoms with Gasteiger partial charge in [-0.05, 0) is 43.7 Å². The molecule has 17 heavy (non-hydrogen) atoms. The Morgan fingerprint density at radius 2 is 2.12 bits per heavy atom. The second-order valence-corrected chi connectivity index (χ2v) is 5.46. The summed E-state index contributed by atoms with van der Waals surface area (Å²) >= 11 is 3.58. The van der Waals surface area contributed by atoms with Crippen molar-refractivity contribution in [2.45, 2.75) is 25.4 Å². The number of ether oxygens (including phenoxy) is 1. The minimum atomic E-state index is 0.622. The predicted molar refractivity (Wildman–Crippen MR) is 73.9 cm³/mol. The number of hydrogen-bond acceptors (Lipinski definition) is 3. The fourth-order valence-electron chi connectivity index (χ4n) is 2.24. The smallest absolute Gasteiger partial charge is 0.0480 e. The summed E-state index contributed by atoms with van der Waals surface area (Å²) in [4.78, 5) is 2.39. The molecule has 0 saturated carbocycles. The summed E-state index contributed by atoms with van der Waals surface area (Å²) in [6.45, 7) is 2.69. The van der Waals surface area contributed by atoms with Crippen LogP contribution >= 0.6 is 15.9 Å². The fourth-order valence-corrected chi connectivity index (χ4v) is 2.61. The second-order valence-electron chi connectivity index (χ2n) is 4.61. The number of halogens is 1. The highest BCUT2D eigenvalue weighted by molar-refractivity contribution is 9.10. The van der Waals surface area contributed by atoms with Crippen molar-refractivity contribution >= 4 is 21.6 Å². The van der Waals surface area contributed by atoms with Crippen LogP contribution in [0.15, 0.2) is 22.7 Å². The Kier molecular flexibility index (Phi) is 4.42. The van der Waals surface area contributed by atoms with Crippen LogP contribution in [0.25, 0.3) is 0 Å². The third kappa shape index (κ3) is 3.44. The van der Waals surface area contributed by atoms with Crippen molar-refractivity contribution in [1.29, 1.82) is 0 Å². The van der Waals surface area contributed by atoms with E-state index in [9.17, 15) is 0 Å². The van der Waals surface area contributed by atoms with Crippen LogP contribution in [0.3, 0.4) is 0 Å². The normalized spacial score (nSPS) is 17.6. The van der Waals surface area contributed by atoms with E-state index >= 15 is 0 Å². The molecule has 2 N–H and O–H groups in total. The summed E-state index contributed by atoms with van der Waals surface area (Å²) in [6, 6.07) is 6.60. The van der Waals surface area contributed by atoms with Gasteiger partial charge in [0.2, 0.25) is 0 Å². The number of rotatable bonds is 3. The Hall–Kier alpha value is -0.580. The van der Waals surface area contributed by atoms with Crippen molar-refractivity contribution in [3.05, 3.63) is 28.2 Å². The largest absolute Gasteiger partial charge is 0.399 e. The summed E-state index contributed by atoms with van der Waals surface area (Å²) in [6.07, 6.45) is 2.24. The first-order chi connectivity index (χ1) is 8.16. The van der Waals surface area contributed by atoms with Gasteiger partial charge in [0.15, 0.2) is 0 Å². The lowest BCUT2D eigenvalue weighted by atomic mass is 10.1. The van der Waals surface area contributed by atoms with E-state index in [-0.39, 0.29) is 0 Å². The molecule has 0 spiro atoms. The van der Waals surface area contributed by atoms with Crippen LogP contribution < -0.4 is 5.73 Å². The third-order valence-corrected chi connectivity index (χ3v) is 4.08. The van der Waals surface area contributed by atoms with Gasteiger partial charge in [0.05, 0.1) is 0 Å². The zero-order chi connectivity index (χ0) is 12.3. The maximum Gasteiger partial charge on any atom is 0.0480 e. The van der Waals surface area contributed by atoms with Crippen molar-refractivity contribution in [3.63, 3.8) is 0 Å². The Balaban J connectivity index is 2.01. The highest BCUT2D eigenvalue weighted by Crippen LogP contribution is 2.23. The summed E-state index contributed by atoms with van der Waals surface area (Å²) in [7, 11) is 2.17. The summed E-state index contributed by atoms with van der Waals surface area (Å²) in [5.41, 5.74) is 7.89. The molecule has 0 radical (unpaired) electrons. The highest BCUT2D eigenvalue weighted by atomic mass is 79.9. The van der Waals surface area contributed by atoms with Gasteiger partial charge in [-0.1, -0.05) is 15.9 Å². The number of nitrogens with zero attached hydrogens (tertiary/aromatic N) is 1. The molecule has 1 aromatic carbocycles. The van der Waals surface area contributed by atoms with E-state index in [0.717, 1.165) is 42.8 Å². The standard InChI is InChI=1S/C13H19BrN2O/c1-16(12-4-6-17-7-5-12)9-10-8-11(15)2-3-13(10)14/h2-3,8,12H,4-7,9,15H2,1H3. The first-order valence-corrected chi connectivity index (χ1v) is 6.78. The van der Waals surface area contributed by atoms with Crippen LogP contribution in [0.1, 0.15) is 18.4 Å². The SMILES string of the molecule is CN(Cc1cc(N)ccc1Br)C1CCOCC1. The lowest BCUT2D eigenvalue weighted by Gasteiger charge is -2.31. The van der Waals surface area contributed by atoms with Crippen LogP contribution in [0.5, 0.6) is 0 Å². The molecule has 0 aliphatic carbocycles. The minimum absolute atomic E-state index is 0.622. The average molecular weight is 299 g/mol. The van der Waals surface area contributed by atoms with Crippen LogP contribution in [0.4, 0.5) is 5.69 Å². The third-order valence-electron chi connectivity index (χ3n) is 3.30. The predicted octanol–water partition coefficient (Wildman–Crippen LogP) is 2.64. The topological polar surface area (TPSA) is 38.5 Å². The summed E-state index contributed by atoms with van der Waals surface area (Å²) in [5, 5.41) is 0. The van der Waals surface area contributed by atoms with Crippen molar-refractivity contribution < 1.29 is 4.74 Å². The van der Waals surface area contributed by atoms with Gasteiger partial charge in [-0.15, -0.1) is 0 Å². The Labute approximate surface area is 111 Å². The number of benzene rings is 1. The quantitative estimate of drug-likeness (QED) is 0.872. The van der Waals surface area contributed by atoms with E-state index in [0.29, 0.717) is 6.04 Å². The molecule has 1 aliphatic rings. The number of nitrogens with two attached hydrogens (primary N) is 1. The maximum atomic E-state index is 5.82. The van der Waals surface area contributed by atoms with E-state index < -0.39 is 0 Å². The van der Waals surface area contributed by atoms with E-state index in [4.69, 9.17) is 10.5 Å². The molecule has 94 valence electrons. The number of anilines is 1. The van der Waals surface area contributed by atoms with Crippen molar-refractivity contribution in [2.24, 2.45) is 0 Å². The fraction of sp³-hybridized carbons (Fsp3) is 0.538. The van der Waals surface area contributed by atoms with Crippen LogP contribution in [0.2, 0.25) is 0 Å². The van der Waals surface area contributed by atoms with E-state index in [2.05, 4.69) is 27.9 Å². The van der Waals surface area contributed by atoms with Crippen molar-refractivity contribution in [3.8, 4) is 0 Å². The zero-order valence-electron chi connectivity index (χ0n) is 10.2. The molecule has 0 unspecified atom stereocenters. The molecule has 1 heterocycles. The molecular weight excluding hydrogens is 280 g/mol. The van der Waals surface area contributed by atoms with Gasteiger partial charge in [0, 0.05) is 36.0 Å². The van der Waals surface area contributed by atoms with E-state index in [1.54, 1.807) is 0 Å². The van der Waals surface area contributed by atoms with Crippen LogP contribution in [-0.2, 0) is 11.3 Å². The molecule has 1 aliphatic heterocycles. The van der Waals surface area contributed by atoms with Crippen molar-refractivity contribution in [1.82, 2.24) is 4.90 Å². The Bertz CT molecular complexity index is 378. The minimum Gasteiger partial charge on any atom is -0.399 e. The van der Waals surface area contributed by atoms with Gasteiger partial charge in [0.1, 0.15) is 0 Å². The molecule has 3 nitrogen and oxygen atoms in total. The van der Waals surface area contributed by atoms with Gasteiger partial charge in [-0.3, -0.25) is 4.90 Å². The molecule has 0 amide bonds. The summed E-state index contributed by atoms with van der Waals surface area (Å²) < 4.78 is 6.52. The van der Waals surface area contributed by atoms with Crippen LogP contribution in [-0.4, -0.2) is 31.2 Å².